The third-order valence-electron chi connectivity index (χ3n) is 5.36. The van der Waals surface area contributed by atoms with Crippen LogP contribution in [0.4, 0.5) is 27.5 Å². The number of halogens is 1. The molecule has 1 aromatic carbocycles. The second kappa shape index (κ2) is 10.3. The Bertz CT molecular complexity index is 1300. The summed E-state index contributed by atoms with van der Waals surface area (Å²) in [7, 11) is 0. The lowest BCUT2D eigenvalue weighted by atomic mass is 10.1. The van der Waals surface area contributed by atoms with E-state index >= 15 is 0 Å². The van der Waals surface area contributed by atoms with Gasteiger partial charge in [0.05, 0.1) is 48.9 Å². The number of nitrogens with zero attached hydrogens (tertiary/aromatic N) is 6. The predicted octanol–water partition coefficient (Wildman–Crippen LogP) is 3.74. The molecule has 1 saturated heterocycles. The molecule has 3 N–H and O–H groups in total. The van der Waals surface area contributed by atoms with Crippen molar-refractivity contribution in [3.05, 3.63) is 72.1 Å². The highest BCUT2D eigenvalue weighted by atomic mass is 19.1. The van der Waals surface area contributed by atoms with Crippen LogP contribution in [0.15, 0.2) is 60.1 Å². The van der Waals surface area contributed by atoms with Gasteiger partial charge in [-0.1, -0.05) is 0 Å². The Morgan fingerprint density at radius 2 is 1.97 bits per heavy atom. The van der Waals surface area contributed by atoms with Crippen molar-refractivity contribution in [1.82, 2.24) is 25.1 Å². The Balaban J connectivity index is 1.22. The van der Waals surface area contributed by atoms with Crippen LogP contribution in [-0.2, 0) is 4.74 Å². The van der Waals surface area contributed by atoms with Crippen LogP contribution in [-0.4, -0.2) is 57.7 Å². The minimum absolute atomic E-state index is 0.204. The predicted molar refractivity (Wildman–Crippen MR) is 133 cm³/mol. The Kier molecular flexibility index (Phi) is 6.57. The summed E-state index contributed by atoms with van der Waals surface area (Å²) >= 11 is 0. The topological polar surface area (TPSA) is 116 Å². The number of hydrogen-bond acceptors (Lipinski definition) is 9. The van der Waals surface area contributed by atoms with Crippen molar-refractivity contribution in [3.63, 3.8) is 0 Å². The molecule has 1 fully saturated rings. The van der Waals surface area contributed by atoms with Crippen molar-refractivity contribution >= 4 is 29.4 Å². The summed E-state index contributed by atoms with van der Waals surface area (Å²) in [5, 5.41) is 14.5. The smallest absolute Gasteiger partial charge is 0.245 e. The molecule has 1 aliphatic heterocycles. The number of aromatic nitrogens is 5. The summed E-state index contributed by atoms with van der Waals surface area (Å²) < 4.78 is 19.5. The van der Waals surface area contributed by atoms with Crippen molar-refractivity contribution in [3.8, 4) is 11.3 Å². The highest BCUT2D eigenvalue weighted by Gasteiger charge is 2.17. The third kappa shape index (κ3) is 5.58. The van der Waals surface area contributed by atoms with Crippen molar-refractivity contribution in [2.24, 2.45) is 5.10 Å². The molecular weight excluding hydrogens is 449 g/mol. The number of aromatic amines is 1. The molecule has 0 radical (unpaired) electrons. The van der Waals surface area contributed by atoms with E-state index in [1.807, 2.05) is 36.1 Å². The van der Waals surface area contributed by atoms with Crippen molar-refractivity contribution in [1.29, 1.82) is 0 Å². The Morgan fingerprint density at radius 3 is 2.74 bits per heavy atom. The quantitative estimate of drug-likeness (QED) is 0.275. The minimum atomic E-state index is -0.475. The van der Waals surface area contributed by atoms with Gasteiger partial charge in [-0.2, -0.15) is 15.2 Å². The fourth-order valence-corrected chi connectivity index (χ4v) is 3.71. The molecule has 0 atom stereocenters. The maximum absolute atomic E-state index is 14.2. The molecule has 35 heavy (non-hydrogen) atoms. The zero-order valence-electron chi connectivity index (χ0n) is 19.1. The first-order chi connectivity index (χ1) is 17.1. The first-order valence-electron chi connectivity index (χ1n) is 11.1. The molecule has 0 bridgehead atoms. The Labute approximate surface area is 201 Å². The lowest BCUT2D eigenvalue weighted by Gasteiger charge is -2.27. The van der Waals surface area contributed by atoms with Gasteiger partial charge in [0.25, 0.3) is 0 Å². The molecule has 0 spiro atoms. The van der Waals surface area contributed by atoms with Crippen LogP contribution in [0, 0.1) is 12.7 Å². The number of pyridine rings is 1. The number of morpholine rings is 1. The maximum atomic E-state index is 14.2. The van der Waals surface area contributed by atoms with E-state index in [4.69, 9.17) is 4.74 Å². The summed E-state index contributed by atoms with van der Waals surface area (Å²) in [6.07, 6.45) is 6.14. The number of benzene rings is 1. The number of ether oxygens (including phenoxy) is 1. The van der Waals surface area contributed by atoms with Crippen LogP contribution < -0.4 is 15.6 Å². The van der Waals surface area contributed by atoms with E-state index in [0.717, 1.165) is 34.4 Å². The van der Waals surface area contributed by atoms with E-state index in [2.05, 4.69) is 53.1 Å². The summed E-state index contributed by atoms with van der Waals surface area (Å²) in [6, 6.07) is 11.9. The normalized spacial score (nSPS) is 13.8. The third-order valence-corrected chi connectivity index (χ3v) is 5.36. The Hall–Kier alpha value is -4.38. The fraction of sp³-hybridized carbons (Fsp3) is 0.208. The maximum Gasteiger partial charge on any atom is 0.245 e. The van der Waals surface area contributed by atoms with Crippen LogP contribution in [0.3, 0.4) is 0 Å². The van der Waals surface area contributed by atoms with E-state index in [-0.39, 0.29) is 11.8 Å². The molecule has 4 aromatic rings. The SMILES string of the molecule is Cc1cc(Nc2ccc(/C=N/Nc3ncc(F)c(N4CCOCC4)n3)nc2)cc(-c2ccn[nH]2)c1. The zero-order valence-corrected chi connectivity index (χ0v) is 19.1. The van der Waals surface area contributed by atoms with E-state index in [1.165, 1.54) is 0 Å². The van der Waals surface area contributed by atoms with Gasteiger partial charge >= 0.3 is 0 Å². The van der Waals surface area contributed by atoms with E-state index < -0.39 is 5.82 Å². The summed E-state index contributed by atoms with van der Waals surface area (Å²) in [5.74, 6) is -0.0344. The molecule has 0 aliphatic carbocycles. The van der Waals surface area contributed by atoms with Crippen molar-refractivity contribution < 1.29 is 9.13 Å². The summed E-state index contributed by atoms with van der Waals surface area (Å²) in [4.78, 5) is 14.4. The van der Waals surface area contributed by atoms with Crippen LogP contribution in [0.1, 0.15) is 11.3 Å². The monoisotopic (exact) mass is 473 g/mol. The highest BCUT2D eigenvalue weighted by Crippen LogP contribution is 2.25. The highest BCUT2D eigenvalue weighted by molar-refractivity contribution is 5.78. The largest absolute Gasteiger partial charge is 0.378 e. The summed E-state index contributed by atoms with van der Waals surface area (Å²) in [6.45, 7) is 4.28. The van der Waals surface area contributed by atoms with Crippen LogP contribution >= 0.6 is 0 Å². The molecule has 0 saturated carbocycles. The number of aryl methyl sites for hydroxylation is 1. The van der Waals surface area contributed by atoms with Crippen molar-refractivity contribution in [2.75, 3.05) is 41.9 Å². The van der Waals surface area contributed by atoms with Gasteiger partial charge in [-0.05, 0) is 48.9 Å². The number of hydrazone groups is 1. The van der Waals surface area contributed by atoms with Gasteiger partial charge in [0.2, 0.25) is 5.95 Å². The number of hydrogen-bond donors (Lipinski definition) is 3. The molecule has 178 valence electrons. The van der Waals surface area contributed by atoms with Crippen LogP contribution in [0.2, 0.25) is 0 Å². The molecular formula is C24H24FN9O. The van der Waals surface area contributed by atoms with Gasteiger partial charge in [-0.15, -0.1) is 0 Å². The van der Waals surface area contributed by atoms with E-state index in [1.54, 1.807) is 18.6 Å². The van der Waals surface area contributed by atoms with Gasteiger partial charge in [0.1, 0.15) is 0 Å². The molecule has 0 amide bonds. The van der Waals surface area contributed by atoms with Gasteiger partial charge < -0.3 is 15.0 Å². The van der Waals surface area contributed by atoms with Crippen molar-refractivity contribution in [2.45, 2.75) is 6.92 Å². The second-order valence-corrected chi connectivity index (χ2v) is 7.99. The zero-order chi connectivity index (χ0) is 24.0. The first kappa shape index (κ1) is 22.4. The van der Waals surface area contributed by atoms with Gasteiger partial charge in [0.15, 0.2) is 11.6 Å². The molecule has 10 nitrogen and oxygen atoms in total. The summed E-state index contributed by atoms with van der Waals surface area (Å²) in [5.41, 5.74) is 8.30. The van der Waals surface area contributed by atoms with Gasteiger partial charge in [-0.3, -0.25) is 10.1 Å². The molecule has 5 rings (SSSR count). The number of rotatable bonds is 7. The lowest BCUT2D eigenvalue weighted by Crippen LogP contribution is -2.37. The average molecular weight is 474 g/mol. The fourth-order valence-electron chi connectivity index (χ4n) is 3.71. The van der Waals surface area contributed by atoms with Crippen LogP contribution in [0.5, 0.6) is 0 Å². The number of H-pyrrole nitrogens is 1. The number of anilines is 4. The van der Waals surface area contributed by atoms with E-state index in [0.29, 0.717) is 32.0 Å². The lowest BCUT2D eigenvalue weighted by molar-refractivity contribution is 0.122. The van der Waals surface area contributed by atoms with Crippen LogP contribution in [0.25, 0.3) is 11.3 Å². The minimum Gasteiger partial charge on any atom is -0.378 e. The van der Waals surface area contributed by atoms with Gasteiger partial charge in [0, 0.05) is 30.5 Å². The molecule has 3 aromatic heterocycles. The Morgan fingerprint density at radius 1 is 1.09 bits per heavy atom. The molecule has 11 heteroatoms. The number of nitrogens with one attached hydrogen (secondary N) is 3. The average Bonchev–Trinajstić information content (AvgIpc) is 3.42. The molecule has 0 unspecified atom stereocenters. The first-order valence-corrected chi connectivity index (χ1v) is 11.1. The molecule has 4 heterocycles. The van der Waals surface area contributed by atoms with E-state index in [9.17, 15) is 4.39 Å². The second-order valence-electron chi connectivity index (χ2n) is 7.99. The van der Waals surface area contributed by atoms with Gasteiger partial charge in [-0.25, -0.2) is 14.8 Å². The molecule has 1 aliphatic rings. The standard InChI is InChI=1S/C24H24FN9O/c1-16-10-17(22-4-5-28-32-22)12-20(11-16)30-19-3-2-18(26-13-19)14-29-33-24-27-15-21(25)23(31-24)34-6-8-35-9-7-34/h2-5,10-15,30H,6-9H2,1H3,(H,28,32)(H,27,31,33)/b29-14+.